The highest BCUT2D eigenvalue weighted by atomic mass is 32.2. The predicted octanol–water partition coefficient (Wildman–Crippen LogP) is 1.13. The first-order chi connectivity index (χ1) is 9.59. The molecule has 0 radical (unpaired) electrons. The lowest BCUT2D eigenvalue weighted by molar-refractivity contribution is 0.105. The summed E-state index contributed by atoms with van der Waals surface area (Å²) in [5.74, 6) is 0.00335. The van der Waals surface area contributed by atoms with Crippen LogP contribution in [0.4, 0.5) is 0 Å². The third kappa shape index (κ3) is 4.86. The molecule has 1 atom stereocenters. The van der Waals surface area contributed by atoms with Gasteiger partial charge in [-0.05, 0) is 30.4 Å². The largest absolute Gasteiger partial charge is 0.378 e. The molecule has 0 bridgehead atoms. The van der Waals surface area contributed by atoms with Crippen molar-refractivity contribution in [2.75, 3.05) is 13.2 Å². The Balaban J connectivity index is 1.79. The van der Waals surface area contributed by atoms with E-state index < -0.39 is 10.0 Å². The van der Waals surface area contributed by atoms with Gasteiger partial charge in [0, 0.05) is 19.7 Å². The highest BCUT2D eigenvalue weighted by Gasteiger charge is 2.17. The summed E-state index contributed by atoms with van der Waals surface area (Å²) in [6, 6.07) is 7.33. The molecular formula is C14H22N2O3S. The summed E-state index contributed by atoms with van der Waals surface area (Å²) in [5, 5.41) is 0. The van der Waals surface area contributed by atoms with Gasteiger partial charge < -0.3 is 10.5 Å². The Morgan fingerprint density at radius 2 is 1.95 bits per heavy atom. The molecule has 1 aliphatic rings. The lowest BCUT2D eigenvalue weighted by atomic mass is 10.1. The van der Waals surface area contributed by atoms with Gasteiger partial charge in [-0.3, -0.25) is 0 Å². The van der Waals surface area contributed by atoms with Crippen LogP contribution in [0.5, 0.6) is 0 Å². The second-order valence-electron chi connectivity index (χ2n) is 5.10. The Kier molecular flexibility index (Phi) is 5.54. The first-order valence-electron chi connectivity index (χ1n) is 6.96. The Hall–Kier alpha value is -0.950. The van der Waals surface area contributed by atoms with Crippen LogP contribution in [-0.4, -0.2) is 27.7 Å². The second-order valence-corrected chi connectivity index (χ2v) is 6.90. The van der Waals surface area contributed by atoms with Gasteiger partial charge in [0.2, 0.25) is 10.0 Å². The first kappa shape index (κ1) is 15.4. The lowest BCUT2D eigenvalue weighted by Crippen LogP contribution is -2.28. The molecule has 1 aromatic rings. The van der Waals surface area contributed by atoms with Gasteiger partial charge in [-0.1, -0.05) is 24.3 Å². The fourth-order valence-corrected chi connectivity index (χ4v) is 3.45. The van der Waals surface area contributed by atoms with Crippen LogP contribution in [0.3, 0.4) is 0 Å². The van der Waals surface area contributed by atoms with Crippen molar-refractivity contribution in [1.29, 1.82) is 0 Å². The maximum absolute atomic E-state index is 12.0. The Morgan fingerprint density at radius 1 is 1.25 bits per heavy atom. The Labute approximate surface area is 120 Å². The van der Waals surface area contributed by atoms with Crippen molar-refractivity contribution in [3.8, 4) is 0 Å². The summed E-state index contributed by atoms with van der Waals surface area (Å²) in [6.45, 7) is 1.70. The number of sulfonamides is 1. The standard InChI is InChI=1S/C14H22N2O3S/c15-10-12-3-5-13(6-4-12)11-20(17,18)16-8-7-14-2-1-9-19-14/h3-6,14,16H,1-2,7-11,15H2. The summed E-state index contributed by atoms with van der Waals surface area (Å²) in [4.78, 5) is 0. The average molecular weight is 298 g/mol. The van der Waals surface area contributed by atoms with Crippen LogP contribution in [0.2, 0.25) is 0 Å². The van der Waals surface area contributed by atoms with Crippen molar-refractivity contribution in [2.45, 2.75) is 37.7 Å². The summed E-state index contributed by atoms with van der Waals surface area (Å²) >= 11 is 0. The molecule has 1 unspecified atom stereocenters. The normalized spacial score (nSPS) is 19.4. The Morgan fingerprint density at radius 3 is 2.55 bits per heavy atom. The van der Waals surface area contributed by atoms with E-state index in [1.165, 1.54) is 0 Å². The van der Waals surface area contributed by atoms with Crippen molar-refractivity contribution in [3.05, 3.63) is 35.4 Å². The van der Waals surface area contributed by atoms with Crippen LogP contribution in [-0.2, 0) is 27.1 Å². The van der Waals surface area contributed by atoms with Gasteiger partial charge in [-0.25, -0.2) is 13.1 Å². The van der Waals surface area contributed by atoms with Gasteiger partial charge >= 0.3 is 0 Å². The molecular weight excluding hydrogens is 276 g/mol. The number of nitrogens with two attached hydrogens (primary N) is 1. The molecule has 20 heavy (non-hydrogen) atoms. The van der Waals surface area contributed by atoms with E-state index in [1.54, 1.807) is 0 Å². The smallest absolute Gasteiger partial charge is 0.215 e. The zero-order chi connectivity index (χ0) is 14.4. The summed E-state index contributed by atoms with van der Waals surface area (Å²) in [5.41, 5.74) is 7.28. The number of nitrogens with one attached hydrogen (secondary N) is 1. The summed E-state index contributed by atoms with van der Waals surface area (Å²) < 4.78 is 32.0. The molecule has 0 aliphatic carbocycles. The third-order valence-corrected chi connectivity index (χ3v) is 4.78. The molecule has 112 valence electrons. The quantitative estimate of drug-likeness (QED) is 0.791. The summed E-state index contributed by atoms with van der Waals surface area (Å²) in [6.07, 6.45) is 3.06. The zero-order valence-corrected chi connectivity index (χ0v) is 12.4. The van der Waals surface area contributed by atoms with Crippen LogP contribution in [0.15, 0.2) is 24.3 Å². The first-order valence-corrected chi connectivity index (χ1v) is 8.61. The van der Waals surface area contributed by atoms with Crippen LogP contribution in [0.1, 0.15) is 30.4 Å². The van der Waals surface area contributed by atoms with Crippen LogP contribution in [0.25, 0.3) is 0 Å². The van der Waals surface area contributed by atoms with Crippen molar-refractivity contribution in [2.24, 2.45) is 5.73 Å². The average Bonchev–Trinajstić information content (AvgIpc) is 2.92. The zero-order valence-electron chi connectivity index (χ0n) is 11.5. The van der Waals surface area contributed by atoms with Gasteiger partial charge in [0.05, 0.1) is 11.9 Å². The monoisotopic (exact) mass is 298 g/mol. The van der Waals surface area contributed by atoms with Gasteiger partial charge in [-0.15, -0.1) is 0 Å². The van der Waals surface area contributed by atoms with Crippen LogP contribution >= 0.6 is 0 Å². The molecule has 1 heterocycles. The maximum Gasteiger partial charge on any atom is 0.215 e. The molecule has 1 saturated heterocycles. The minimum Gasteiger partial charge on any atom is -0.378 e. The number of hydrogen-bond donors (Lipinski definition) is 2. The number of hydrogen-bond acceptors (Lipinski definition) is 4. The molecule has 5 nitrogen and oxygen atoms in total. The third-order valence-electron chi connectivity index (χ3n) is 3.43. The van der Waals surface area contributed by atoms with Crippen molar-refractivity contribution in [3.63, 3.8) is 0 Å². The van der Waals surface area contributed by atoms with Gasteiger partial charge in [0.1, 0.15) is 0 Å². The number of rotatable bonds is 7. The highest BCUT2D eigenvalue weighted by Crippen LogP contribution is 2.14. The minimum absolute atomic E-state index is 0.00335. The minimum atomic E-state index is -3.28. The molecule has 2 rings (SSSR count). The van der Waals surface area contributed by atoms with E-state index in [9.17, 15) is 8.42 Å². The summed E-state index contributed by atoms with van der Waals surface area (Å²) in [7, 11) is -3.28. The molecule has 0 spiro atoms. The van der Waals surface area contributed by atoms with Gasteiger partial charge in [0.25, 0.3) is 0 Å². The van der Waals surface area contributed by atoms with Crippen LogP contribution in [0, 0.1) is 0 Å². The van der Waals surface area contributed by atoms with Crippen molar-refractivity contribution in [1.82, 2.24) is 4.72 Å². The fourth-order valence-electron chi connectivity index (χ4n) is 2.29. The van der Waals surface area contributed by atoms with Gasteiger partial charge in [-0.2, -0.15) is 0 Å². The maximum atomic E-state index is 12.0. The SMILES string of the molecule is NCc1ccc(CS(=O)(=O)NCCC2CCCO2)cc1. The van der Waals surface area contributed by atoms with E-state index >= 15 is 0 Å². The van der Waals surface area contributed by atoms with E-state index in [1.807, 2.05) is 24.3 Å². The highest BCUT2D eigenvalue weighted by molar-refractivity contribution is 7.88. The van der Waals surface area contributed by atoms with E-state index in [0.29, 0.717) is 13.1 Å². The van der Waals surface area contributed by atoms with E-state index in [4.69, 9.17) is 10.5 Å². The molecule has 6 heteroatoms. The van der Waals surface area contributed by atoms with E-state index in [0.717, 1.165) is 37.0 Å². The van der Waals surface area contributed by atoms with E-state index in [-0.39, 0.29) is 11.9 Å². The predicted molar refractivity (Wildman–Crippen MR) is 78.6 cm³/mol. The number of benzene rings is 1. The van der Waals surface area contributed by atoms with E-state index in [2.05, 4.69) is 4.72 Å². The van der Waals surface area contributed by atoms with Gasteiger partial charge in [0.15, 0.2) is 0 Å². The molecule has 1 fully saturated rings. The molecule has 1 aromatic carbocycles. The van der Waals surface area contributed by atoms with Crippen LogP contribution < -0.4 is 10.5 Å². The molecule has 1 aliphatic heterocycles. The molecule has 0 amide bonds. The van der Waals surface area contributed by atoms with Crippen molar-refractivity contribution < 1.29 is 13.2 Å². The number of ether oxygens (including phenoxy) is 1. The van der Waals surface area contributed by atoms with Crippen molar-refractivity contribution >= 4 is 10.0 Å². The molecule has 0 saturated carbocycles. The topological polar surface area (TPSA) is 81.4 Å². The molecule has 3 N–H and O–H groups in total. The molecule has 0 aromatic heterocycles. The fraction of sp³-hybridized carbons (Fsp3) is 0.571. The lowest BCUT2D eigenvalue weighted by Gasteiger charge is -2.10. The Bertz CT molecular complexity index is 508. The second kappa shape index (κ2) is 7.17.